The largest absolute Gasteiger partial charge is 0.377 e. The number of hydrogen-bond donors (Lipinski definition) is 1. The minimum atomic E-state index is 0.0462. The molecule has 1 heterocycles. The van der Waals surface area contributed by atoms with Gasteiger partial charge in [0.05, 0.1) is 11.8 Å². The second-order valence-corrected chi connectivity index (χ2v) is 4.69. The lowest BCUT2D eigenvalue weighted by Gasteiger charge is -2.46. The summed E-state index contributed by atoms with van der Waals surface area (Å²) in [6.45, 7) is 0. The number of nitrogens with one attached hydrogen (secondary N) is 1. The van der Waals surface area contributed by atoms with Crippen molar-refractivity contribution in [1.82, 2.24) is 15.1 Å². The highest BCUT2D eigenvalue weighted by Gasteiger charge is 2.43. The molecule has 1 aromatic heterocycles. The molecule has 4 nitrogen and oxygen atoms in total. The fraction of sp³-hybridized carbons (Fsp3) is 0.750. The van der Waals surface area contributed by atoms with Gasteiger partial charge < -0.3 is 10.1 Å². The number of likely N-dealkylation sites (N-methyl/N-ethyl adjacent to an activating group) is 1. The van der Waals surface area contributed by atoms with Crippen LogP contribution >= 0.6 is 0 Å². The van der Waals surface area contributed by atoms with Gasteiger partial charge >= 0.3 is 0 Å². The Balaban J connectivity index is 2.05. The molecule has 1 aromatic rings. The highest BCUT2D eigenvalue weighted by atomic mass is 16.5. The lowest BCUT2D eigenvalue weighted by Crippen LogP contribution is -2.56. The molecule has 4 heteroatoms. The Morgan fingerprint density at radius 1 is 1.62 bits per heavy atom. The predicted molar refractivity (Wildman–Crippen MR) is 63.4 cm³/mol. The van der Waals surface area contributed by atoms with E-state index in [4.69, 9.17) is 4.74 Å². The van der Waals surface area contributed by atoms with E-state index in [-0.39, 0.29) is 5.60 Å². The van der Waals surface area contributed by atoms with Gasteiger partial charge in [0, 0.05) is 26.4 Å². The summed E-state index contributed by atoms with van der Waals surface area (Å²) in [5.74, 6) is 0. The Labute approximate surface area is 97.0 Å². The van der Waals surface area contributed by atoms with Crippen molar-refractivity contribution in [3.63, 3.8) is 0 Å². The maximum atomic E-state index is 5.72. The summed E-state index contributed by atoms with van der Waals surface area (Å²) >= 11 is 0. The van der Waals surface area contributed by atoms with E-state index in [2.05, 4.69) is 16.6 Å². The summed E-state index contributed by atoms with van der Waals surface area (Å²) in [7, 11) is 5.79. The van der Waals surface area contributed by atoms with E-state index >= 15 is 0 Å². The van der Waals surface area contributed by atoms with Crippen LogP contribution in [0.15, 0.2) is 12.4 Å². The fourth-order valence-electron chi connectivity index (χ4n) is 2.58. The van der Waals surface area contributed by atoms with Crippen LogP contribution in [-0.2, 0) is 18.2 Å². The number of nitrogens with zero attached hydrogens (tertiary/aromatic N) is 2. The first-order valence-corrected chi connectivity index (χ1v) is 5.90. The van der Waals surface area contributed by atoms with Gasteiger partial charge in [-0.15, -0.1) is 0 Å². The van der Waals surface area contributed by atoms with Crippen molar-refractivity contribution in [3.8, 4) is 0 Å². The molecule has 1 aliphatic carbocycles. The summed E-state index contributed by atoms with van der Waals surface area (Å²) in [6.07, 6.45) is 8.60. The smallest absolute Gasteiger partial charge is 0.0834 e. The van der Waals surface area contributed by atoms with Gasteiger partial charge in [0.2, 0.25) is 0 Å². The van der Waals surface area contributed by atoms with Crippen LogP contribution in [-0.4, -0.2) is 35.6 Å². The second-order valence-electron chi connectivity index (χ2n) is 4.69. The van der Waals surface area contributed by atoms with Crippen LogP contribution in [0.2, 0.25) is 0 Å². The third kappa shape index (κ3) is 1.99. The van der Waals surface area contributed by atoms with E-state index in [1.54, 1.807) is 0 Å². The molecule has 1 unspecified atom stereocenters. The van der Waals surface area contributed by atoms with Gasteiger partial charge in [0.25, 0.3) is 0 Å². The number of ether oxygens (including phenoxy) is 1. The molecule has 16 heavy (non-hydrogen) atoms. The Hall–Kier alpha value is -0.870. The third-order valence-electron chi connectivity index (χ3n) is 3.79. The van der Waals surface area contributed by atoms with Gasteiger partial charge in [-0.1, -0.05) is 0 Å². The maximum absolute atomic E-state index is 5.72. The zero-order valence-corrected chi connectivity index (χ0v) is 10.4. The van der Waals surface area contributed by atoms with E-state index in [0.717, 1.165) is 19.3 Å². The molecular formula is C12H21N3O. The Kier molecular flexibility index (Phi) is 3.30. The van der Waals surface area contributed by atoms with E-state index in [1.807, 2.05) is 32.1 Å². The molecule has 0 aliphatic heterocycles. The fourth-order valence-corrected chi connectivity index (χ4v) is 2.58. The quantitative estimate of drug-likeness (QED) is 0.813. The van der Waals surface area contributed by atoms with Gasteiger partial charge in [-0.25, -0.2) is 0 Å². The van der Waals surface area contributed by atoms with Crippen molar-refractivity contribution in [2.45, 2.75) is 37.3 Å². The number of rotatable bonds is 5. The Morgan fingerprint density at radius 3 is 2.75 bits per heavy atom. The van der Waals surface area contributed by atoms with Crippen LogP contribution in [0, 0.1) is 0 Å². The summed E-state index contributed by atoms with van der Waals surface area (Å²) in [6, 6.07) is 0.385. The van der Waals surface area contributed by atoms with Crippen molar-refractivity contribution in [2.75, 3.05) is 14.2 Å². The van der Waals surface area contributed by atoms with E-state index in [9.17, 15) is 0 Å². The molecule has 2 rings (SSSR count). The molecular weight excluding hydrogens is 202 g/mol. The molecule has 0 radical (unpaired) electrons. The van der Waals surface area contributed by atoms with Gasteiger partial charge in [0.1, 0.15) is 0 Å². The van der Waals surface area contributed by atoms with E-state index < -0.39 is 0 Å². The standard InChI is InChI=1S/C12H21N3O/c1-13-11(12(16-3)5-4-6-12)7-10-8-14-15(2)9-10/h8-9,11,13H,4-7H2,1-3H3. The maximum Gasteiger partial charge on any atom is 0.0834 e. The molecule has 90 valence electrons. The average Bonchev–Trinajstić information content (AvgIpc) is 2.61. The van der Waals surface area contributed by atoms with E-state index in [1.165, 1.54) is 12.0 Å². The molecule has 0 bridgehead atoms. The number of hydrogen-bond acceptors (Lipinski definition) is 3. The second kappa shape index (κ2) is 4.55. The van der Waals surface area contributed by atoms with Crippen molar-refractivity contribution >= 4 is 0 Å². The zero-order chi connectivity index (χ0) is 11.6. The lowest BCUT2D eigenvalue weighted by molar-refractivity contribution is -0.0966. The van der Waals surface area contributed by atoms with Crippen molar-refractivity contribution in [3.05, 3.63) is 18.0 Å². The third-order valence-corrected chi connectivity index (χ3v) is 3.79. The normalized spacial score (nSPS) is 20.4. The SMILES string of the molecule is CNC(Cc1cnn(C)c1)C1(OC)CCC1. The number of aromatic nitrogens is 2. The molecule has 1 saturated carbocycles. The minimum absolute atomic E-state index is 0.0462. The lowest BCUT2D eigenvalue weighted by atomic mass is 9.73. The average molecular weight is 223 g/mol. The van der Waals surface area contributed by atoms with Crippen LogP contribution in [0.1, 0.15) is 24.8 Å². The highest BCUT2D eigenvalue weighted by molar-refractivity contribution is 5.11. The molecule has 0 spiro atoms. The van der Waals surface area contributed by atoms with Crippen molar-refractivity contribution < 1.29 is 4.74 Å². The topological polar surface area (TPSA) is 39.1 Å². The molecule has 1 aliphatic rings. The first kappa shape index (κ1) is 11.6. The van der Waals surface area contributed by atoms with Crippen molar-refractivity contribution in [2.24, 2.45) is 7.05 Å². The summed E-state index contributed by atoms with van der Waals surface area (Å²) in [4.78, 5) is 0. The van der Waals surface area contributed by atoms with Crippen LogP contribution in [0.5, 0.6) is 0 Å². The molecule has 1 atom stereocenters. The van der Waals surface area contributed by atoms with Crippen LogP contribution in [0.25, 0.3) is 0 Å². The highest BCUT2D eigenvalue weighted by Crippen LogP contribution is 2.39. The molecule has 0 aromatic carbocycles. The molecule has 1 N–H and O–H groups in total. The van der Waals surface area contributed by atoms with Crippen molar-refractivity contribution in [1.29, 1.82) is 0 Å². The summed E-state index contributed by atoms with van der Waals surface area (Å²) in [5.41, 5.74) is 1.31. The number of methoxy groups -OCH3 is 1. The predicted octanol–water partition coefficient (Wildman–Crippen LogP) is 1.12. The van der Waals surface area contributed by atoms with E-state index in [0.29, 0.717) is 6.04 Å². The van der Waals surface area contributed by atoms with Gasteiger partial charge in [0.15, 0.2) is 0 Å². The van der Waals surface area contributed by atoms with Crippen LogP contribution in [0.3, 0.4) is 0 Å². The molecule has 0 amide bonds. The van der Waals surface area contributed by atoms with Crippen LogP contribution < -0.4 is 5.32 Å². The van der Waals surface area contributed by atoms with Gasteiger partial charge in [-0.3, -0.25) is 4.68 Å². The molecule has 1 fully saturated rings. The first-order valence-electron chi connectivity index (χ1n) is 5.90. The Bertz CT molecular complexity index is 338. The first-order chi connectivity index (χ1) is 7.70. The summed E-state index contributed by atoms with van der Waals surface area (Å²) in [5, 5.41) is 7.60. The Morgan fingerprint density at radius 2 is 2.38 bits per heavy atom. The van der Waals surface area contributed by atoms with Crippen LogP contribution in [0.4, 0.5) is 0 Å². The van der Waals surface area contributed by atoms with Gasteiger partial charge in [-0.2, -0.15) is 5.10 Å². The monoisotopic (exact) mass is 223 g/mol. The van der Waals surface area contributed by atoms with Gasteiger partial charge in [-0.05, 0) is 38.3 Å². The zero-order valence-electron chi connectivity index (χ0n) is 10.4. The minimum Gasteiger partial charge on any atom is -0.377 e. The summed E-state index contributed by atoms with van der Waals surface area (Å²) < 4.78 is 7.57. The number of aryl methyl sites for hydroxylation is 1. The molecule has 0 saturated heterocycles.